The van der Waals surface area contributed by atoms with Gasteiger partial charge in [-0.15, -0.1) is 0 Å². The van der Waals surface area contributed by atoms with E-state index in [9.17, 15) is 5.11 Å². The highest BCUT2D eigenvalue weighted by atomic mass is 28.1. The summed E-state index contributed by atoms with van der Waals surface area (Å²) in [5.74, 6) is 3.49. The highest BCUT2D eigenvalue weighted by Gasteiger charge is 2.58. The third-order valence-electron chi connectivity index (χ3n) is 7.95. The molecule has 28 heavy (non-hydrogen) atoms. The van der Waals surface area contributed by atoms with Crippen molar-refractivity contribution < 1.29 is 9.84 Å². The van der Waals surface area contributed by atoms with E-state index in [2.05, 4.69) is 48.5 Å². The van der Waals surface area contributed by atoms with Crippen molar-refractivity contribution in [3.05, 3.63) is 54.1 Å². The van der Waals surface area contributed by atoms with E-state index in [-0.39, 0.29) is 0 Å². The lowest BCUT2D eigenvalue weighted by atomic mass is 9.48. The predicted molar refractivity (Wildman–Crippen MR) is 118 cm³/mol. The Hall–Kier alpha value is -1.84. The van der Waals surface area contributed by atoms with Gasteiger partial charge in [-0.05, 0) is 72.1 Å². The molecular weight excluding hydrogens is 360 g/mol. The van der Waals surface area contributed by atoms with Crippen LogP contribution in [0.5, 0.6) is 5.75 Å². The van der Waals surface area contributed by atoms with Gasteiger partial charge in [0.05, 0.1) is 22.1 Å². The summed E-state index contributed by atoms with van der Waals surface area (Å²) in [7, 11) is 1.01. The van der Waals surface area contributed by atoms with Gasteiger partial charge >= 0.3 is 0 Å². The maximum Gasteiger partial charge on any atom is 0.134 e. The molecule has 0 radical (unpaired) electrons. The minimum atomic E-state index is -0.702. The van der Waals surface area contributed by atoms with E-state index in [1.807, 2.05) is 0 Å². The molecule has 3 aromatic carbocycles. The van der Waals surface area contributed by atoms with Gasteiger partial charge in [-0.2, -0.15) is 0 Å². The summed E-state index contributed by atoms with van der Waals surface area (Å²) in [4.78, 5) is 0. The van der Waals surface area contributed by atoms with Crippen LogP contribution in [0.3, 0.4) is 0 Å². The quantitative estimate of drug-likeness (QED) is 0.534. The molecule has 1 N–H and O–H groups in total. The van der Waals surface area contributed by atoms with E-state index in [0.29, 0.717) is 11.8 Å². The molecule has 0 amide bonds. The van der Waals surface area contributed by atoms with Crippen molar-refractivity contribution in [3.63, 3.8) is 0 Å². The first-order valence-electron chi connectivity index (χ1n) is 11.0. The van der Waals surface area contributed by atoms with Crippen molar-refractivity contribution in [2.45, 2.75) is 37.7 Å². The molecule has 0 heterocycles. The summed E-state index contributed by atoms with van der Waals surface area (Å²) in [6, 6.07) is 17.2. The lowest BCUT2D eigenvalue weighted by molar-refractivity contribution is -0.177. The van der Waals surface area contributed by atoms with Gasteiger partial charge in [-0.25, -0.2) is 0 Å². The number of fused-ring (bicyclic) bond motifs is 2. The zero-order chi connectivity index (χ0) is 18.9. The fourth-order valence-electron chi connectivity index (χ4n) is 7.13. The van der Waals surface area contributed by atoms with E-state index in [1.54, 1.807) is 0 Å². The lowest BCUT2D eigenvalue weighted by Crippen LogP contribution is -2.55. The van der Waals surface area contributed by atoms with Gasteiger partial charge in [0.15, 0.2) is 0 Å². The molecule has 3 heteroatoms. The van der Waals surface area contributed by atoms with Crippen LogP contribution in [0.1, 0.15) is 37.7 Å². The summed E-state index contributed by atoms with van der Waals surface area (Å²) < 4.78 is 6.21. The Morgan fingerprint density at radius 2 is 1.25 bits per heavy atom. The van der Waals surface area contributed by atoms with Crippen LogP contribution in [0.2, 0.25) is 0 Å². The second-order valence-electron chi connectivity index (χ2n) is 9.36. The third-order valence-corrected chi connectivity index (χ3v) is 8.24. The van der Waals surface area contributed by atoms with E-state index < -0.39 is 5.60 Å². The average molecular weight is 389 g/mol. The molecule has 0 aliphatic heterocycles. The number of hydrogen-bond acceptors (Lipinski definition) is 2. The predicted octanol–water partition coefficient (Wildman–Crippen LogP) is 4.34. The van der Waals surface area contributed by atoms with Crippen molar-refractivity contribution in [3.8, 4) is 5.75 Å². The van der Waals surface area contributed by atoms with Crippen molar-refractivity contribution in [1.29, 1.82) is 0 Å². The minimum Gasteiger partial charge on any atom is -0.497 e. The summed E-state index contributed by atoms with van der Waals surface area (Å²) in [5.41, 5.74) is 0.486. The zero-order valence-electron chi connectivity index (χ0n) is 16.5. The first kappa shape index (κ1) is 17.1. The normalized spacial score (nSPS) is 33.8. The van der Waals surface area contributed by atoms with Crippen LogP contribution in [-0.2, 0) is 5.60 Å². The summed E-state index contributed by atoms with van der Waals surface area (Å²) >= 11 is 0. The minimum absolute atomic E-state index is 0.404. The molecule has 4 fully saturated rings. The number of hydrogen-bond donors (Lipinski definition) is 1. The van der Waals surface area contributed by atoms with E-state index in [1.165, 1.54) is 48.4 Å². The Morgan fingerprint density at radius 3 is 1.71 bits per heavy atom. The monoisotopic (exact) mass is 388 g/mol. The second-order valence-corrected chi connectivity index (χ2v) is 9.94. The van der Waals surface area contributed by atoms with E-state index in [0.717, 1.165) is 44.8 Å². The molecule has 7 rings (SSSR count). The van der Waals surface area contributed by atoms with Crippen LogP contribution in [0, 0.1) is 23.7 Å². The van der Waals surface area contributed by atoms with Gasteiger partial charge < -0.3 is 9.84 Å². The van der Waals surface area contributed by atoms with Crippen LogP contribution >= 0.6 is 0 Å². The molecule has 0 atom stereocenters. The van der Waals surface area contributed by atoms with Gasteiger partial charge in [0.25, 0.3) is 0 Å². The molecule has 0 unspecified atom stereocenters. The van der Waals surface area contributed by atoms with Gasteiger partial charge in [0.2, 0.25) is 0 Å². The van der Waals surface area contributed by atoms with Crippen molar-refractivity contribution >= 4 is 31.8 Å². The lowest BCUT2D eigenvalue weighted by Gasteiger charge is -2.59. The number of ether oxygens (including phenoxy) is 1. The molecule has 2 nitrogen and oxygen atoms in total. The van der Waals surface area contributed by atoms with Crippen molar-refractivity contribution in [1.82, 2.24) is 0 Å². The van der Waals surface area contributed by atoms with Crippen molar-refractivity contribution in [2.75, 3.05) is 6.23 Å². The fraction of sp³-hybridized carbons (Fsp3) is 0.440. The third kappa shape index (κ3) is 2.18. The van der Waals surface area contributed by atoms with Gasteiger partial charge in [0, 0.05) is 10.8 Å². The average Bonchev–Trinajstić information content (AvgIpc) is 2.71. The molecule has 4 bridgehead atoms. The maximum atomic E-state index is 12.4. The van der Waals surface area contributed by atoms with E-state index >= 15 is 0 Å². The molecule has 0 spiro atoms. The van der Waals surface area contributed by atoms with Crippen LogP contribution in [0.25, 0.3) is 21.5 Å². The molecule has 0 saturated heterocycles. The van der Waals surface area contributed by atoms with E-state index in [4.69, 9.17) is 4.74 Å². The summed E-state index contributed by atoms with van der Waals surface area (Å²) in [5, 5.41) is 17.2. The maximum absolute atomic E-state index is 12.4. The smallest absolute Gasteiger partial charge is 0.134 e. The molecule has 144 valence electrons. The largest absolute Gasteiger partial charge is 0.497 e. The van der Waals surface area contributed by atoms with Crippen molar-refractivity contribution in [2.24, 2.45) is 23.7 Å². The first-order valence-corrected chi connectivity index (χ1v) is 12.4. The summed E-state index contributed by atoms with van der Waals surface area (Å²) in [6.45, 7) is 0. The number of aliphatic hydroxyl groups is 1. The Labute approximate surface area is 169 Å². The molecule has 0 aromatic heterocycles. The highest BCUT2D eigenvalue weighted by molar-refractivity contribution is 6.11. The van der Waals surface area contributed by atoms with Gasteiger partial charge in [-0.1, -0.05) is 48.5 Å². The number of rotatable bonds is 3. The van der Waals surface area contributed by atoms with Gasteiger partial charge in [-0.3, -0.25) is 0 Å². The molecule has 4 saturated carbocycles. The fourth-order valence-corrected chi connectivity index (χ4v) is 7.42. The standard InChI is InChI=1S/C25H28O2Si/c26-25(17-10-15-9-16(12-17)13-18(25)11-15)23-19-5-1-3-7-21(19)24(27-14-28)22-8-4-2-6-20(22)23/h1-8,15-18,26H,9-14H2,28H3. The Bertz CT molecular complexity index is 988. The highest BCUT2D eigenvalue weighted by Crippen LogP contribution is 2.63. The van der Waals surface area contributed by atoms with Crippen LogP contribution < -0.4 is 4.74 Å². The Kier molecular flexibility index (Phi) is 3.70. The van der Waals surface area contributed by atoms with Gasteiger partial charge in [0.1, 0.15) is 5.75 Å². The summed E-state index contributed by atoms with van der Waals surface area (Å²) in [6.07, 6.45) is 6.98. The Balaban J connectivity index is 1.70. The topological polar surface area (TPSA) is 29.5 Å². The molecule has 4 aliphatic carbocycles. The van der Waals surface area contributed by atoms with Crippen LogP contribution in [0.4, 0.5) is 0 Å². The zero-order valence-corrected chi connectivity index (χ0v) is 18.5. The molecule has 4 aliphatic rings. The SMILES string of the molecule is OC1(c2c3ccccc3c(OC[SiH3])c3ccccc23)C2CC3CC(C2)CC1C3. The molecular formula is C25H28O2Si. The first-order chi connectivity index (χ1) is 13.7. The Morgan fingerprint density at radius 1 is 0.786 bits per heavy atom. The van der Waals surface area contributed by atoms with Crippen LogP contribution in [0.15, 0.2) is 48.5 Å². The second kappa shape index (κ2) is 6.08. The van der Waals surface area contributed by atoms with Crippen LogP contribution in [-0.4, -0.2) is 21.6 Å². The molecule has 3 aromatic rings. The number of benzene rings is 3.